The molecule has 1 saturated heterocycles. The molecule has 2 atom stereocenters. The van der Waals surface area contributed by atoms with Gasteiger partial charge in [-0.1, -0.05) is 25.4 Å². The number of carbonyl (C=O) groups excluding carboxylic acids is 1. The van der Waals surface area contributed by atoms with Gasteiger partial charge in [0.1, 0.15) is 5.82 Å². The lowest BCUT2D eigenvalue weighted by molar-refractivity contribution is 0.0676. The van der Waals surface area contributed by atoms with Crippen molar-refractivity contribution in [1.82, 2.24) is 9.88 Å². The van der Waals surface area contributed by atoms with E-state index in [4.69, 9.17) is 11.6 Å². The minimum Gasteiger partial charge on any atom is -0.369 e. The topological polar surface area (TPSA) is 45.2 Å². The summed E-state index contributed by atoms with van der Waals surface area (Å²) in [6.07, 6.45) is 5.78. The molecule has 21 heavy (non-hydrogen) atoms. The molecular weight excluding hydrogens is 286 g/mol. The summed E-state index contributed by atoms with van der Waals surface area (Å²) < 4.78 is 0. The summed E-state index contributed by atoms with van der Waals surface area (Å²) in [7, 11) is 0. The zero-order chi connectivity index (χ0) is 15.4. The number of nitrogens with zero attached hydrogens (tertiary/aromatic N) is 2. The first-order valence-corrected chi connectivity index (χ1v) is 8.18. The molecule has 116 valence electrons. The van der Waals surface area contributed by atoms with E-state index in [1.165, 1.54) is 0 Å². The number of hydrogen-bond donors (Lipinski definition) is 1. The van der Waals surface area contributed by atoms with Gasteiger partial charge in [-0.3, -0.25) is 4.79 Å². The van der Waals surface area contributed by atoms with E-state index in [0.29, 0.717) is 28.5 Å². The van der Waals surface area contributed by atoms with E-state index < -0.39 is 0 Å². The summed E-state index contributed by atoms with van der Waals surface area (Å²) in [6, 6.07) is 2.36. The third-order valence-corrected chi connectivity index (χ3v) is 4.41. The molecule has 2 unspecified atom stereocenters. The Bertz CT molecular complexity index is 506. The van der Waals surface area contributed by atoms with Crippen LogP contribution in [0.1, 0.15) is 56.8 Å². The Kier molecular flexibility index (Phi) is 5.45. The molecular formula is C16H24ClN3O. The fourth-order valence-corrected chi connectivity index (χ4v) is 3.15. The zero-order valence-electron chi connectivity index (χ0n) is 13.0. The van der Waals surface area contributed by atoms with Gasteiger partial charge < -0.3 is 10.2 Å². The van der Waals surface area contributed by atoms with Crippen molar-refractivity contribution in [3.8, 4) is 0 Å². The van der Waals surface area contributed by atoms with Gasteiger partial charge in [-0.25, -0.2) is 4.98 Å². The first kappa shape index (κ1) is 16.1. The van der Waals surface area contributed by atoms with Crippen LogP contribution in [0.2, 0.25) is 5.02 Å². The lowest BCUT2D eigenvalue weighted by atomic mass is 10.1. The van der Waals surface area contributed by atoms with Gasteiger partial charge in [0.05, 0.1) is 10.6 Å². The molecule has 0 saturated carbocycles. The van der Waals surface area contributed by atoms with Crippen molar-refractivity contribution >= 4 is 23.3 Å². The number of amides is 1. The van der Waals surface area contributed by atoms with Gasteiger partial charge in [-0.2, -0.15) is 0 Å². The van der Waals surface area contributed by atoms with Gasteiger partial charge in [0.25, 0.3) is 5.91 Å². The van der Waals surface area contributed by atoms with Gasteiger partial charge in [-0.15, -0.1) is 0 Å². The largest absolute Gasteiger partial charge is 0.369 e. The number of pyridine rings is 1. The summed E-state index contributed by atoms with van der Waals surface area (Å²) in [6.45, 7) is 7.14. The van der Waals surface area contributed by atoms with Crippen molar-refractivity contribution in [1.29, 1.82) is 0 Å². The molecule has 2 heterocycles. The monoisotopic (exact) mass is 309 g/mol. The first-order chi connectivity index (χ1) is 10.1. The summed E-state index contributed by atoms with van der Waals surface area (Å²) in [4.78, 5) is 19.0. The molecule has 1 fully saturated rings. The van der Waals surface area contributed by atoms with Gasteiger partial charge in [-0.05, 0) is 38.7 Å². The predicted octanol–water partition coefficient (Wildman–Crippen LogP) is 3.96. The number of hydrogen-bond acceptors (Lipinski definition) is 3. The van der Waals surface area contributed by atoms with E-state index in [0.717, 1.165) is 32.2 Å². The Balaban J connectivity index is 2.17. The van der Waals surface area contributed by atoms with Crippen molar-refractivity contribution < 1.29 is 4.79 Å². The number of anilines is 1. The molecule has 1 aromatic heterocycles. The van der Waals surface area contributed by atoms with Crippen LogP contribution in [0.4, 0.5) is 5.82 Å². The Morgan fingerprint density at radius 3 is 2.86 bits per heavy atom. The second kappa shape index (κ2) is 7.12. The standard InChI is InChI=1S/C16H24ClN3O/c1-4-8-18-15-14(17)9-12(10-19-15)16(21)20-11(3)6-7-13(20)5-2/h9-11,13H,4-8H2,1-3H3,(H,18,19). The number of rotatable bonds is 5. The fraction of sp³-hybridized carbons (Fsp3) is 0.625. The number of halogens is 1. The highest BCUT2D eigenvalue weighted by atomic mass is 35.5. The van der Waals surface area contributed by atoms with E-state index in [1.807, 2.05) is 4.90 Å². The minimum absolute atomic E-state index is 0.0447. The molecule has 1 aliphatic rings. The Morgan fingerprint density at radius 1 is 1.48 bits per heavy atom. The maximum absolute atomic E-state index is 12.7. The quantitative estimate of drug-likeness (QED) is 0.895. The van der Waals surface area contributed by atoms with Crippen molar-refractivity contribution in [2.24, 2.45) is 0 Å². The summed E-state index contributed by atoms with van der Waals surface area (Å²) in [5.41, 5.74) is 0.578. The average molecular weight is 310 g/mol. The van der Waals surface area contributed by atoms with E-state index in [-0.39, 0.29) is 5.91 Å². The van der Waals surface area contributed by atoms with E-state index in [9.17, 15) is 4.79 Å². The summed E-state index contributed by atoms with van der Waals surface area (Å²) in [5.74, 6) is 0.694. The first-order valence-electron chi connectivity index (χ1n) is 7.80. The van der Waals surface area contributed by atoms with Crippen LogP contribution in [0.3, 0.4) is 0 Å². The van der Waals surface area contributed by atoms with Gasteiger partial charge >= 0.3 is 0 Å². The Labute approximate surface area is 131 Å². The zero-order valence-corrected chi connectivity index (χ0v) is 13.8. The van der Waals surface area contributed by atoms with Crippen molar-refractivity contribution in [3.05, 3.63) is 22.8 Å². The van der Waals surface area contributed by atoms with Gasteiger partial charge in [0, 0.05) is 24.8 Å². The third kappa shape index (κ3) is 3.49. The molecule has 1 N–H and O–H groups in total. The maximum atomic E-state index is 12.7. The summed E-state index contributed by atoms with van der Waals surface area (Å²) in [5, 5.41) is 3.67. The van der Waals surface area contributed by atoms with Crippen molar-refractivity contribution in [2.45, 2.75) is 58.5 Å². The molecule has 0 bridgehead atoms. The third-order valence-electron chi connectivity index (χ3n) is 4.12. The smallest absolute Gasteiger partial charge is 0.255 e. The molecule has 1 amide bonds. The van der Waals surface area contributed by atoms with Crippen LogP contribution in [0.5, 0.6) is 0 Å². The molecule has 0 aromatic carbocycles. The van der Waals surface area contributed by atoms with Crippen LogP contribution < -0.4 is 5.32 Å². The Hall–Kier alpha value is -1.29. The second-order valence-electron chi connectivity index (χ2n) is 5.68. The van der Waals surface area contributed by atoms with Crippen LogP contribution >= 0.6 is 11.6 Å². The SMILES string of the molecule is CCCNc1ncc(C(=O)N2C(C)CCC2CC)cc1Cl. The fourth-order valence-electron chi connectivity index (χ4n) is 2.92. The highest BCUT2D eigenvalue weighted by molar-refractivity contribution is 6.33. The highest BCUT2D eigenvalue weighted by Crippen LogP contribution is 2.29. The van der Waals surface area contributed by atoms with Crippen molar-refractivity contribution in [2.75, 3.05) is 11.9 Å². The maximum Gasteiger partial charge on any atom is 0.255 e. The molecule has 1 aromatic rings. The van der Waals surface area contributed by atoms with Gasteiger partial charge in [0.15, 0.2) is 0 Å². The lowest BCUT2D eigenvalue weighted by Crippen LogP contribution is -2.39. The molecule has 5 heteroatoms. The van der Waals surface area contributed by atoms with Crippen LogP contribution in [0, 0.1) is 0 Å². The van der Waals surface area contributed by atoms with Crippen molar-refractivity contribution in [3.63, 3.8) is 0 Å². The molecule has 1 aliphatic heterocycles. The molecule has 4 nitrogen and oxygen atoms in total. The molecule has 0 radical (unpaired) electrons. The minimum atomic E-state index is 0.0447. The number of nitrogens with one attached hydrogen (secondary N) is 1. The average Bonchev–Trinajstić information content (AvgIpc) is 2.86. The number of carbonyl (C=O) groups is 1. The van der Waals surface area contributed by atoms with Crippen LogP contribution in [0.15, 0.2) is 12.3 Å². The summed E-state index contributed by atoms with van der Waals surface area (Å²) >= 11 is 6.23. The van der Waals surface area contributed by atoms with Crippen LogP contribution in [0.25, 0.3) is 0 Å². The second-order valence-corrected chi connectivity index (χ2v) is 6.09. The van der Waals surface area contributed by atoms with E-state index >= 15 is 0 Å². The van der Waals surface area contributed by atoms with Crippen LogP contribution in [-0.4, -0.2) is 34.4 Å². The number of likely N-dealkylation sites (tertiary alicyclic amines) is 1. The number of aromatic nitrogens is 1. The van der Waals surface area contributed by atoms with Gasteiger partial charge in [0.2, 0.25) is 0 Å². The highest BCUT2D eigenvalue weighted by Gasteiger charge is 2.33. The Morgan fingerprint density at radius 2 is 2.24 bits per heavy atom. The molecule has 2 rings (SSSR count). The predicted molar refractivity (Wildman–Crippen MR) is 87.0 cm³/mol. The normalized spacial score (nSPS) is 21.6. The molecule has 0 aliphatic carbocycles. The lowest BCUT2D eigenvalue weighted by Gasteiger charge is -2.28. The molecule has 0 spiro atoms. The van der Waals surface area contributed by atoms with E-state index in [1.54, 1.807) is 12.3 Å². The van der Waals surface area contributed by atoms with E-state index in [2.05, 4.69) is 31.1 Å². The van der Waals surface area contributed by atoms with Crippen LogP contribution in [-0.2, 0) is 0 Å².